The number of phenols is 1. The number of Topliss-reactive ketones (excluding diaryl/α,β-unsaturated/α-hetero) is 5. The summed E-state index contributed by atoms with van der Waals surface area (Å²) >= 11 is 0. The van der Waals surface area contributed by atoms with Gasteiger partial charge in [-0.2, -0.15) is 0 Å². The first-order valence-corrected chi connectivity index (χ1v) is 10.9. The van der Waals surface area contributed by atoms with Crippen LogP contribution in [0.5, 0.6) is 5.75 Å². The molecule has 3 aliphatic carbocycles. The predicted octanol–water partition coefficient (Wildman–Crippen LogP) is 2.09. The lowest BCUT2D eigenvalue weighted by Gasteiger charge is -2.61. The van der Waals surface area contributed by atoms with Crippen LogP contribution in [0, 0.1) is 34.5 Å². The third kappa shape index (κ3) is 2.48. The van der Waals surface area contributed by atoms with Crippen molar-refractivity contribution in [3.63, 3.8) is 0 Å². The van der Waals surface area contributed by atoms with Crippen molar-refractivity contribution in [2.75, 3.05) is 0 Å². The maximum Gasteiger partial charge on any atom is 0.190 e. The summed E-state index contributed by atoms with van der Waals surface area (Å²) in [6.45, 7) is 7.95. The molecule has 0 radical (unpaired) electrons. The van der Waals surface area contributed by atoms with Gasteiger partial charge in [0.15, 0.2) is 28.7 Å². The maximum atomic E-state index is 13.9. The number of hydrogen-bond acceptors (Lipinski definition) is 7. The zero-order valence-electron chi connectivity index (χ0n) is 18.9. The Morgan fingerprint density at radius 2 is 1.72 bits per heavy atom. The van der Waals surface area contributed by atoms with Gasteiger partial charge in [-0.1, -0.05) is 39.8 Å². The predicted molar refractivity (Wildman–Crippen MR) is 113 cm³/mol. The van der Waals surface area contributed by atoms with E-state index in [1.54, 1.807) is 39.8 Å². The zero-order valence-corrected chi connectivity index (χ0v) is 18.9. The van der Waals surface area contributed by atoms with Crippen molar-refractivity contribution >= 4 is 28.9 Å². The van der Waals surface area contributed by atoms with Crippen molar-refractivity contribution < 1.29 is 34.2 Å². The smallest absolute Gasteiger partial charge is 0.190 e. The lowest BCUT2D eigenvalue weighted by molar-refractivity contribution is -0.205. The highest BCUT2D eigenvalue weighted by molar-refractivity contribution is 6.32. The molecule has 0 saturated heterocycles. The van der Waals surface area contributed by atoms with Crippen molar-refractivity contribution in [3.05, 3.63) is 29.3 Å². The minimum Gasteiger partial charge on any atom is -0.507 e. The molecule has 2 fully saturated rings. The van der Waals surface area contributed by atoms with Gasteiger partial charge in [0.2, 0.25) is 0 Å². The number of benzene rings is 1. The first-order valence-electron chi connectivity index (χ1n) is 10.9. The summed E-state index contributed by atoms with van der Waals surface area (Å²) in [5, 5.41) is 22.1. The Kier molecular flexibility index (Phi) is 4.69. The number of fused-ring (bicyclic) bond motifs is 3. The number of phenolic OH excluding ortho intramolecular Hbond substituents is 1. The lowest BCUT2D eigenvalue weighted by atomic mass is 9.40. The standard InChI is InChI=1S/C25H28O7/c1-11(2)17-19(28)15(12(3)26)21(30)25(32)22(31)18-20(29)16-13(7-6-8-14(16)27)9-23(18,4)10-24(17,25)5/h6-8,11,15,17-18,27,32H,9-10H2,1-5H3/t15?,17?,18?,23-,24-,25+/m1/s1. The van der Waals surface area contributed by atoms with Crippen LogP contribution >= 0.6 is 0 Å². The van der Waals surface area contributed by atoms with E-state index >= 15 is 0 Å². The van der Waals surface area contributed by atoms with E-state index in [2.05, 4.69) is 0 Å². The molecule has 3 aliphatic rings. The Hall–Kier alpha value is -2.67. The van der Waals surface area contributed by atoms with Gasteiger partial charge in [0.1, 0.15) is 17.5 Å². The maximum absolute atomic E-state index is 13.9. The van der Waals surface area contributed by atoms with Crippen LogP contribution in [0.15, 0.2) is 18.2 Å². The molecule has 32 heavy (non-hydrogen) atoms. The molecule has 3 unspecified atom stereocenters. The van der Waals surface area contributed by atoms with E-state index < -0.39 is 63.1 Å². The van der Waals surface area contributed by atoms with Gasteiger partial charge in [-0.3, -0.25) is 24.0 Å². The van der Waals surface area contributed by atoms with Crippen LogP contribution in [-0.4, -0.2) is 44.7 Å². The summed E-state index contributed by atoms with van der Waals surface area (Å²) in [5.41, 5.74) is -4.47. The van der Waals surface area contributed by atoms with E-state index in [1.165, 1.54) is 6.07 Å². The molecule has 170 valence electrons. The van der Waals surface area contributed by atoms with Crippen molar-refractivity contribution in [3.8, 4) is 5.75 Å². The Bertz CT molecular complexity index is 1100. The van der Waals surface area contributed by atoms with Crippen molar-refractivity contribution in [2.45, 2.75) is 53.1 Å². The van der Waals surface area contributed by atoms with Gasteiger partial charge >= 0.3 is 0 Å². The molecular weight excluding hydrogens is 412 g/mol. The van der Waals surface area contributed by atoms with Crippen LogP contribution in [0.25, 0.3) is 0 Å². The Morgan fingerprint density at radius 1 is 1.09 bits per heavy atom. The average Bonchev–Trinajstić information content (AvgIpc) is 2.64. The first-order chi connectivity index (χ1) is 14.7. The molecule has 0 aromatic heterocycles. The highest BCUT2D eigenvalue weighted by atomic mass is 16.3. The summed E-state index contributed by atoms with van der Waals surface area (Å²) in [5.74, 6) is -8.64. The number of aliphatic hydroxyl groups is 1. The fraction of sp³-hybridized carbons (Fsp3) is 0.560. The number of hydrogen-bond donors (Lipinski definition) is 2. The van der Waals surface area contributed by atoms with Gasteiger partial charge in [-0.25, -0.2) is 0 Å². The fourth-order valence-electron chi connectivity index (χ4n) is 7.09. The SMILES string of the molecule is CC(=O)C1C(=O)C(C(C)C)[C@@]2(C)C[C@@]3(C)Cc4cccc(O)c4C(=O)C3C(=O)[C@@]2(O)C1=O. The first kappa shape index (κ1) is 22.5. The van der Waals surface area contributed by atoms with Gasteiger partial charge in [-0.15, -0.1) is 0 Å². The van der Waals surface area contributed by atoms with Crippen LogP contribution in [-0.2, 0) is 25.6 Å². The quantitative estimate of drug-likeness (QED) is 0.675. The summed E-state index contributed by atoms with van der Waals surface area (Å²) in [4.78, 5) is 66.4. The molecule has 0 spiro atoms. The highest BCUT2D eigenvalue weighted by Crippen LogP contribution is 2.63. The van der Waals surface area contributed by atoms with Crippen LogP contribution < -0.4 is 0 Å². The van der Waals surface area contributed by atoms with E-state index in [1.807, 2.05) is 0 Å². The normalized spacial score (nSPS) is 38.9. The second kappa shape index (κ2) is 6.67. The zero-order chi connectivity index (χ0) is 24.0. The molecule has 7 nitrogen and oxygen atoms in total. The number of ketones is 5. The van der Waals surface area contributed by atoms with Gasteiger partial charge in [-0.05, 0) is 42.7 Å². The molecule has 0 bridgehead atoms. The summed E-state index contributed by atoms with van der Waals surface area (Å²) in [6.07, 6.45) is 0.340. The summed E-state index contributed by atoms with van der Waals surface area (Å²) in [6, 6.07) is 4.69. The van der Waals surface area contributed by atoms with Crippen molar-refractivity contribution in [1.82, 2.24) is 0 Å². The monoisotopic (exact) mass is 440 g/mol. The fourth-order valence-corrected chi connectivity index (χ4v) is 7.09. The molecular formula is C25H28O7. The number of carbonyl (C=O) groups is 5. The van der Waals surface area contributed by atoms with Crippen LogP contribution in [0.3, 0.4) is 0 Å². The largest absolute Gasteiger partial charge is 0.507 e. The van der Waals surface area contributed by atoms with Gasteiger partial charge in [0, 0.05) is 11.3 Å². The number of rotatable bonds is 2. The van der Waals surface area contributed by atoms with Crippen LogP contribution in [0.2, 0.25) is 0 Å². The van der Waals surface area contributed by atoms with Gasteiger partial charge < -0.3 is 10.2 Å². The molecule has 2 N–H and O–H groups in total. The minimum absolute atomic E-state index is 0.0263. The number of aromatic hydroxyl groups is 1. The molecule has 7 heteroatoms. The Morgan fingerprint density at radius 3 is 2.28 bits per heavy atom. The summed E-state index contributed by atoms with van der Waals surface area (Å²) in [7, 11) is 0. The molecule has 0 heterocycles. The molecule has 1 aromatic rings. The van der Waals surface area contributed by atoms with Crippen LogP contribution in [0.4, 0.5) is 0 Å². The van der Waals surface area contributed by atoms with Gasteiger partial charge in [0.25, 0.3) is 0 Å². The second-order valence-electron chi connectivity index (χ2n) is 10.6. The minimum atomic E-state index is -2.64. The van der Waals surface area contributed by atoms with Crippen LogP contribution in [0.1, 0.15) is 57.0 Å². The van der Waals surface area contributed by atoms with Crippen molar-refractivity contribution in [1.29, 1.82) is 0 Å². The number of carbonyl (C=O) groups excluding carboxylic acids is 5. The third-order valence-electron chi connectivity index (χ3n) is 8.11. The lowest BCUT2D eigenvalue weighted by Crippen LogP contribution is -2.76. The van der Waals surface area contributed by atoms with E-state index in [0.717, 1.165) is 6.92 Å². The molecule has 4 rings (SSSR count). The third-order valence-corrected chi connectivity index (χ3v) is 8.11. The molecule has 1 aromatic carbocycles. The molecule has 6 atom stereocenters. The van der Waals surface area contributed by atoms with E-state index in [9.17, 15) is 34.2 Å². The highest BCUT2D eigenvalue weighted by Gasteiger charge is 2.76. The second-order valence-corrected chi connectivity index (χ2v) is 10.6. The summed E-state index contributed by atoms with van der Waals surface area (Å²) < 4.78 is 0. The average molecular weight is 440 g/mol. The topological polar surface area (TPSA) is 126 Å². The van der Waals surface area contributed by atoms with E-state index in [4.69, 9.17) is 0 Å². The molecule has 0 aliphatic heterocycles. The van der Waals surface area contributed by atoms with Gasteiger partial charge in [0.05, 0.1) is 11.5 Å². The molecule has 2 saturated carbocycles. The Balaban J connectivity index is 1.98. The molecule has 0 amide bonds. The van der Waals surface area contributed by atoms with E-state index in [0.29, 0.717) is 5.56 Å². The Labute approximate surface area is 186 Å². The van der Waals surface area contributed by atoms with Crippen molar-refractivity contribution in [2.24, 2.45) is 34.5 Å². The van der Waals surface area contributed by atoms with E-state index in [-0.39, 0.29) is 30.1 Å².